The molecule has 0 unspecified atom stereocenters. The molecule has 96 valence electrons. The lowest BCUT2D eigenvalue weighted by molar-refractivity contribution is -0.145. The summed E-state index contributed by atoms with van der Waals surface area (Å²) in [6, 6.07) is -0.633. The molecule has 0 aromatic heterocycles. The van der Waals surface area contributed by atoms with Crippen molar-refractivity contribution in [1.82, 2.24) is 4.98 Å². The summed E-state index contributed by atoms with van der Waals surface area (Å²) in [5, 5.41) is 9.71. The highest BCUT2D eigenvalue weighted by Crippen LogP contribution is 2.34. The number of hydrogen-bond acceptors (Lipinski definition) is 4. The normalized spacial score (nSPS) is 16.8. The van der Waals surface area contributed by atoms with Crippen molar-refractivity contribution in [3.63, 3.8) is 0 Å². The number of carbonyl (C=O) groups excluding carboxylic acids is 1. The van der Waals surface area contributed by atoms with Gasteiger partial charge < -0.3 is 14.8 Å². The maximum Gasteiger partial charge on any atom is 0.324 e. The molecule has 0 aromatic rings. The highest BCUT2D eigenvalue weighted by atomic mass is 28.3. The molecule has 0 aliphatic heterocycles. The van der Waals surface area contributed by atoms with E-state index in [1.807, 2.05) is 0 Å². The Kier molecular flexibility index (Phi) is 5.16. The zero-order valence-electron chi connectivity index (χ0n) is 11.4. The van der Waals surface area contributed by atoms with Gasteiger partial charge in [-0.1, -0.05) is 33.9 Å². The van der Waals surface area contributed by atoms with E-state index in [0.717, 1.165) is 0 Å². The molecule has 0 amide bonds. The molecular weight excluding hydrogens is 222 g/mol. The molecular formula is C11H25NO3Si. The Morgan fingerprint density at radius 1 is 1.38 bits per heavy atom. The van der Waals surface area contributed by atoms with Gasteiger partial charge in [-0.15, -0.1) is 0 Å². The first kappa shape index (κ1) is 15.6. The molecule has 0 aliphatic carbocycles. The highest BCUT2D eigenvalue weighted by molar-refractivity contribution is 6.78. The van der Waals surface area contributed by atoms with Gasteiger partial charge in [0, 0.05) is 0 Å². The minimum atomic E-state index is -1.82. The fraction of sp³-hybridized carbons (Fsp3) is 0.909. The average Bonchev–Trinajstić information content (AvgIpc) is 2.10. The van der Waals surface area contributed by atoms with Crippen molar-refractivity contribution in [1.29, 1.82) is 0 Å². The first-order valence-corrected chi connectivity index (χ1v) is 8.56. The summed E-state index contributed by atoms with van der Waals surface area (Å²) in [5.74, 6) is -0.403. The van der Waals surface area contributed by atoms with Crippen molar-refractivity contribution in [2.75, 3.05) is 7.11 Å². The Bertz CT molecular complexity index is 246. The van der Waals surface area contributed by atoms with Gasteiger partial charge >= 0.3 is 5.97 Å². The van der Waals surface area contributed by atoms with Crippen molar-refractivity contribution >= 4 is 14.2 Å². The molecule has 5 heteroatoms. The standard InChI is InChI=1S/C11H25NO3Si/c1-8(13)9(10(14)15-5)12-16(6,7)11(2,3)4/h8-9,12-13H,1-7H3/t8-,9+/m1/s1. The number of methoxy groups -OCH3 is 1. The van der Waals surface area contributed by atoms with E-state index in [1.54, 1.807) is 6.92 Å². The minimum Gasteiger partial charge on any atom is -0.468 e. The van der Waals surface area contributed by atoms with E-state index in [2.05, 4.69) is 38.8 Å². The molecule has 16 heavy (non-hydrogen) atoms. The molecule has 0 heterocycles. The van der Waals surface area contributed by atoms with Gasteiger partial charge in [0.1, 0.15) is 14.3 Å². The molecule has 0 aliphatic rings. The van der Waals surface area contributed by atoms with Gasteiger partial charge in [-0.3, -0.25) is 4.79 Å². The fourth-order valence-corrected chi connectivity index (χ4v) is 2.68. The number of carbonyl (C=O) groups is 1. The van der Waals surface area contributed by atoms with Crippen molar-refractivity contribution in [3.05, 3.63) is 0 Å². The van der Waals surface area contributed by atoms with Crippen molar-refractivity contribution in [2.45, 2.75) is 58.0 Å². The SMILES string of the molecule is COC(=O)[C@@H](N[Si](C)(C)C(C)(C)C)[C@@H](C)O. The molecule has 0 fully saturated rings. The van der Waals surface area contributed by atoms with Gasteiger partial charge in [-0.05, 0) is 12.0 Å². The van der Waals surface area contributed by atoms with Crippen molar-refractivity contribution in [2.24, 2.45) is 0 Å². The monoisotopic (exact) mass is 247 g/mol. The van der Waals surface area contributed by atoms with Crippen LogP contribution >= 0.6 is 0 Å². The lowest BCUT2D eigenvalue weighted by atomic mass is 10.2. The van der Waals surface area contributed by atoms with Crippen molar-refractivity contribution < 1.29 is 14.6 Å². The van der Waals surface area contributed by atoms with Crippen LogP contribution in [0.15, 0.2) is 0 Å². The van der Waals surface area contributed by atoms with E-state index in [9.17, 15) is 9.90 Å². The van der Waals surface area contributed by atoms with Gasteiger partial charge in [-0.25, -0.2) is 0 Å². The van der Waals surface area contributed by atoms with Crippen LogP contribution in [0.5, 0.6) is 0 Å². The van der Waals surface area contributed by atoms with Gasteiger partial charge in [0.2, 0.25) is 0 Å². The summed E-state index contributed by atoms with van der Waals surface area (Å²) in [4.78, 5) is 14.8. The molecule has 2 atom stereocenters. The number of esters is 1. The topological polar surface area (TPSA) is 58.6 Å². The number of ether oxygens (including phenoxy) is 1. The molecule has 0 spiro atoms. The molecule has 0 aromatic carbocycles. The third kappa shape index (κ3) is 3.88. The Labute approximate surface area is 99.5 Å². The fourth-order valence-electron chi connectivity index (χ4n) is 1.11. The first-order valence-electron chi connectivity index (χ1n) is 5.56. The Hall–Kier alpha value is -0.393. The number of nitrogens with one attached hydrogen (secondary N) is 1. The number of rotatable bonds is 4. The highest BCUT2D eigenvalue weighted by Gasteiger charge is 2.40. The number of aliphatic hydroxyl groups excluding tert-OH is 1. The second-order valence-electron chi connectivity index (χ2n) is 5.76. The van der Waals surface area contributed by atoms with E-state index in [0.29, 0.717) is 0 Å². The molecule has 2 N–H and O–H groups in total. The molecule has 0 radical (unpaired) electrons. The van der Waals surface area contributed by atoms with E-state index in [-0.39, 0.29) is 5.04 Å². The van der Waals surface area contributed by atoms with Crippen LogP contribution in [-0.2, 0) is 9.53 Å². The van der Waals surface area contributed by atoms with Gasteiger partial charge in [0.25, 0.3) is 0 Å². The summed E-state index contributed by atoms with van der Waals surface area (Å²) in [5.41, 5.74) is 0. The van der Waals surface area contributed by atoms with Crippen LogP contribution in [0.2, 0.25) is 18.1 Å². The molecule has 0 saturated carbocycles. The zero-order valence-corrected chi connectivity index (χ0v) is 12.4. The molecule has 4 nitrogen and oxygen atoms in total. The summed E-state index contributed by atoms with van der Waals surface area (Å²) in [6.07, 6.45) is -0.749. The van der Waals surface area contributed by atoms with Crippen LogP contribution in [0.4, 0.5) is 0 Å². The van der Waals surface area contributed by atoms with E-state index < -0.39 is 26.4 Å². The lowest BCUT2D eigenvalue weighted by Crippen LogP contribution is -2.61. The largest absolute Gasteiger partial charge is 0.468 e. The second kappa shape index (κ2) is 5.29. The molecule has 0 saturated heterocycles. The third-order valence-electron chi connectivity index (χ3n) is 3.33. The van der Waals surface area contributed by atoms with Crippen molar-refractivity contribution in [3.8, 4) is 0 Å². The quantitative estimate of drug-likeness (QED) is 0.584. The van der Waals surface area contributed by atoms with Crippen LogP contribution in [0, 0.1) is 0 Å². The van der Waals surface area contributed by atoms with Crippen LogP contribution in [0.3, 0.4) is 0 Å². The maximum atomic E-state index is 11.5. The zero-order chi connectivity index (χ0) is 13.1. The lowest BCUT2D eigenvalue weighted by Gasteiger charge is -2.40. The summed E-state index contributed by atoms with van der Waals surface area (Å²) >= 11 is 0. The predicted molar refractivity (Wildman–Crippen MR) is 67.8 cm³/mol. The van der Waals surface area contributed by atoms with Crippen LogP contribution in [-0.4, -0.2) is 38.6 Å². The van der Waals surface area contributed by atoms with E-state index in [4.69, 9.17) is 4.74 Å². The summed E-state index contributed by atoms with van der Waals surface area (Å²) in [6.45, 7) is 12.3. The average molecular weight is 247 g/mol. The Balaban J connectivity index is 4.83. The smallest absolute Gasteiger partial charge is 0.324 e. The van der Waals surface area contributed by atoms with Gasteiger partial charge in [-0.2, -0.15) is 0 Å². The Morgan fingerprint density at radius 2 is 1.81 bits per heavy atom. The minimum absolute atomic E-state index is 0.105. The van der Waals surface area contributed by atoms with Gasteiger partial charge in [0.05, 0.1) is 13.2 Å². The van der Waals surface area contributed by atoms with Crippen LogP contribution < -0.4 is 4.98 Å². The number of hydrogen-bond donors (Lipinski definition) is 2. The first-order chi connectivity index (χ1) is 7.03. The number of aliphatic hydroxyl groups is 1. The maximum absolute atomic E-state index is 11.5. The van der Waals surface area contributed by atoms with Crippen LogP contribution in [0.25, 0.3) is 0 Å². The summed E-state index contributed by atoms with van der Waals surface area (Å²) in [7, 11) is -0.482. The van der Waals surface area contributed by atoms with Crippen LogP contribution in [0.1, 0.15) is 27.7 Å². The molecule has 0 rings (SSSR count). The van der Waals surface area contributed by atoms with E-state index >= 15 is 0 Å². The van der Waals surface area contributed by atoms with E-state index in [1.165, 1.54) is 7.11 Å². The van der Waals surface area contributed by atoms with Gasteiger partial charge in [0.15, 0.2) is 0 Å². The molecule has 0 bridgehead atoms. The Morgan fingerprint density at radius 3 is 2.06 bits per heavy atom. The summed E-state index contributed by atoms with van der Waals surface area (Å²) < 4.78 is 4.69. The predicted octanol–water partition coefficient (Wildman–Crippen LogP) is 1.50. The third-order valence-corrected chi connectivity index (χ3v) is 8.11. The second-order valence-corrected chi connectivity index (χ2v) is 10.8.